The maximum absolute atomic E-state index is 13.9. The van der Waals surface area contributed by atoms with Crippen LogP contribution in [0.5, 0.6) is 5.75 Å². The minimum absolute atomic E-state index is 0.174. The van der Waals surface area contributed by atoms with Crippen molar-refractivity contribution in [3.63, 3.8) is 0 Å². The van der Waals surface area contributed by atoms with Gasteiger partial charge >= 0.3 is 6.03 Å². The number of rotatable bonds is 4. The van der Waals surface area contributed by atoms with Crippen LogP contribution in [0.25, 0.3) is 5.69 Å². The van der Waals surface area contributed by atoms with Crippen LogP contribution in [0.3, 0.4) is 0 Å². The number of para-hydroxylation sites is 1. The highest BCUT2D eigenvalue weighted by Gasteiger charge is 2.33. The first-order valence-corrected chi connectivity index (χ1v) is 12.4. The van der Waals surface area contributed by atoms with E-state index in [-0.39, 0.29) is 12.1 Å². The third kappa shape index (κ3) is 4.05. The number of urea groups is 1. The van der Waals surface area contributed by atoms with Gasteiger partial charge in [0.15, 0.2) is 0 Å². The number of fused-ring (bicyclic) bond motifs is 3. The van der Waals surface area contributed by atoms with E-state index in [0.717, 1.165) is 28.1 Å². The topological polar surface area (TPSA) is 46.5 Å². The van der Waals surface area contributed by atoms with Crippen LogP contribution in [-0.4, -0.2) is 28.9 Å². The number of hydrogen-bond acceptors (Lipinski definition) is 3. The molecule has 0 spiro atoms. The maximum atomic E-state index is 13.9. The van der Waals surface area contributed by atoms with E-state index >= 15 is 0 Å². The number of methoxy groups -OCH3 is 1. The monoisotopic (exact) mass is 469 g/mol. The molecule has 0 bridgehead atoms. The van der Waals surface area contributed by atoms with E-state index in [4.69, 9.17) is 4.74 Å². The van der Waals surface area contributed by atoms with Gasteiger partial charge in [-0.25, -0.2) is 4.79 Å². The highest BCUT2D eigenvalue weighted by atomic mass is 32.2. The van der Waals surface area contributed by atoms with Gasteiger partial charge in [0.2, 0.25) is 0 Å². The lowest BCUT2D eigenvalue weighted by molar-refractivity contribution is 0.194. The molecule has 0 fully saturated rings. The van der Waals surface area contributed by atoms with Crippen molar-refractivity contribution >= 4 is 23.5 Å². The summed E-state index contributed by atoms with van der Waals surface area (Å²) in [7, 11) is 1.62. The largest absolute Gasteiger partial charge is 0.495 e. The van der Waals surface area contributed by atoms with E-state index in [1.165, 1.54) is 4.90 Å². The number of aromatic nitrogens is 1. The molecule has 4 aromatic rings. The SMILES string of the molecule is COc1ccc(C)cc1NC(=O)N1Cc2ccccc2-n2cccc2[C@@H]1c1ccc(SC)cc1. The van der Waals surface area contributed by atoms with Crippen LogP contribution in [-0.2, 0) is 6.54 Å². The summed E-state index contributed by atoms with van der Waals surface area (Å²) >= 11 is 1.71. The summed E-state index contributed by atoms with van der Waals surface area (Å²) in [6, 6.07) is 26.2. The molecule has 2 heterocycles. The number of benzene rings is 3. The molecule has 0 aliphatic carbocycles. The minimum Gasteiger partial charge on any atom is -0.495 e. The summed E-state index contributed by atoms with van der Waals surface area (Å²) in [6.07, 6.45) is 4.14. The van der Waals surface area contributed by atoms with E-state index in [2.05, 4.69) is 64.8 Å². The van der Waals surface area contributed by atoms with Gasteiger partial charge in [-0.3, -0.25) is 0 Å². The molecule has 1 aromatic heterocycles. The Morgan fingerprint density at radius 2 is 1.82 bits per heavy atom. The number of ether oxygens (including phenoxy) is 1. The molecule has 5 rings (SSSR count). The number of nitrogens with zero attached hydrogens (tertiary/aromatic N) is 2. The van der Waals surface area contributed by atoms with E-state index in [9.17, 15) is 4.79 Å². The Morgan fingerprint density at radius 3 is 2.59 bits per heavy atom. The molecular formula is C28H27N3O2S. The fourth-order valence-corrected chi connectivity index (χ4v) is 4.99. The fourth-order valence-electron chi connectivity index (χ4n) is 4.58. The lowest BCUT2D eigenvalue weighted by atomic mass is 10.0. The van der Waals surface area contributed by atoms with Crippen LogP contribution in [0, 0.1) is 6.92 Å². The summed E-state index contributed by atoms with van der Waals surface area (Å²) in [5, 5.41) is 3.12. The second-order valence-electron chi connectivity index (χ2n) is 8.37. The van der Waals surface area contributed by atoms with Gasteiger partial charge in [-0.2, -0.15) is 0 Å². The summed E-state index contributed by atoms with van der Waals surface area (Å²) in [5.74, 6) is 0.637. The standard InChI is InChI=1S/C28H27N3O2S/c1-19-10-15-26(33-2)23(17-19)29-28(32)31-18-21-7-4-5-8-24(21)30-16-6-9-25(30)27(31)20-11-13-22(34-3)14-12-20/h4-17,27H,18H2,1-3H3,(H,29,32)/t27-/m0/s1. The molecule has 34 heavy (non-hydrogen) atoms. The molecule has 1 aliphatic heterocycles. The van der Waals surface area contributed by atoms with Crippen molar-refractivity contribution < 1.29 is 9.53 Å². The van der Waals surface area contributed by atoms with Crippen LogP contribution in [0.1, 0.15) is 28.4 Å². The van der Waals surface area contributed by atoms with Crippen LogP contribution in [0.2, 0.25) is 0 Å². The van der Waals surface area contributed by atoms with Crippen LogP contribution in [0.15, 0.2) is 90.0 Å². The molecule has 172 valence electrons. The summed E-state index contributed by atoms with van der Waals surface area (Å²) in [6.45, 7) is 2.48. The first-order valence-electron chi connectivity index (χ1n) is 11.2. The number of carbonyl (C=O) groups is 1. The smallest absolute Gasteiger partial charge is 0.323 e. The predicted molar refractivity (Wildman–Crippen MR) is 138 cm³/mol. The van der Waals surface area contributed by atoms with Gasteiger partial charge < -0.3 is 19.5 Å². The normalized spacial score (nSPS) is 14.7. The van der Waals surface area contributed by atoms with Gasteiger partial charge in [0.1, 0.15) is 5.75 Å². The zero-order valence-corrected chi connectivity index (χ0v) is 20.3. The summed E-state index contributed by atoms with van der Waals surface area (Å²) < 4.78 is 7.71. The van der Waals surface area contributed by atoms with Gasteiger partial charge in [0.05, 0.1) is 31.1 Å². The zero-order valence-electron chi connectivity index (χ0n) is 19.5. The fraction of sp³-hybridized carbons (Fsp3) is 0.179. The van der Waals surface area contributed by atoms with E-state index < -0.39 is 0 Å². The van der Waals surface area contributed by atoms with Gasteiger partial charge in [-0.1, -0.05) is 36.4 Å². The Kier molecular flexibility index (Phi) is 6.07. The molecule has 1 N–H and O–H groups in total. The molecule has 0 radical (unpaired) electrons. The molecule has 3 aromatic carbocycles. The van der Waals surface area contributed by atoms with Crippen molar-refractivity contribution in [2.45, 2.75) is 24.4 Å². The molecule has 0 unspecified atom stereocenters. The Labute approximate surface area is 204 Å². The number of carbonyl (C=O) groups excluding carboxylic acids is 1. The molecule has 0 saturated heterocycles. The van der Waals surface area contributed by atoms with Gasteiger partial charge in [-0.15, -0.1) is 11.8 Å². The van der Waals surface area contributed by atoms with Gasteiger partial charge in [0.25, 0.3) is 0 Å². The molecule has 0 saturated carbocycles. The second kappa shape index (κ2) is 9.31. The Morgan fingerprint density at radius 1 is 1.03 bits per heavy atom. The number of amides is 2. The molecule has 1 aliphatic rings. The first kappa shape index (κ1) is 22.2. The van der Waals surface area contributed by atoms with E-state index in [1.54, 1.807) is 18.9 Å². The Bertz CT molecular complexity index is 1330. The molecule has 5 nitrogen and oxygen atoms in total. The zero-order chi connectivity index (χ0) is 23.7. The Balaban J connectivity index is 1.62. The quantitative estimate of drug-likeness (QED) is 0.340. The van der Waals surface area contributed by atoms with Crippen LogP contribution >= 0.6 is 11.8 Å². The van der Waals surface area contributed by atoms with Crippen LogP contribution < -0.4 is 10.1 Å². The van der Waals surface area contributed by atoms with Crippen molar-refractivity contribution in [1.82, 2.24) is 9.47 Å². The lowest BCUT2D eigenvalue weighted by Gasteiger charge is -2.31. The predicted octanol–water partition coefficient (Wildman–Crippen LogP) is 6.65. The summed E-state index contributed by atoms with van der Waals surface area (Å²) in [5.41, 5.74) is 6.02. The van der Waals surface area contributed by atoms with Crippen molar-refractivity contribution in [3.8, 4) is 11.4 Å². The molecular weight excluding hydrogens is 442 g/mol. The minimum atomic E-state index is -0.255. The average Bonchev–Trinajstić information content (AvgIpc) is 3.28. The third-order valence-corrected chi connectivity index (χ3v) is 7.00. The first-order chi connectivity index (χ1) is 16.6. The Hall–Kier alpha value is -3.64. The highest BCUT2D eigenvalue weighted by Crippen LogP contribution is 2.38. The van der Waals surface area contributed by atoms with Crippen LogP contribution in [0.4, 0.5) is 10.5 Å². The molecule has 6 heteroatoms. The number of nitrogens with one attached hydrogen (secondary N) is 1. The van der Waals surface area contributed by atoms with Crippen molar-refractivity contribution in [3.05, 3.63) is 107 Å². The molecule has 1 atom stereocenters. The number of hydrogen-bond donors (Lipinski definition) is 1. The van der Waals surface area contributed by atoms with E-state index in [1.807, 2.05) is 48.2 Å². The molecule has 2 amide bonds. The second-order valence-corrected chi connectivity index (χ2v) is 9.25. The lowest BCUT2D eigenvalue weighted by Crippen LogP contribution is -2.38. The number of anilines is 1. The highest BCUT2D eigenvalue weighted by molar-refractivity contribution is 7.98. The maximum Gasteiger partial charge on any atom is 0.323 e. The van der Waals surface area contributed by atoms with Crippen molar-refractivity contribution in [2.75, 3.05) is 18.7 Å². The van der Waals surface area contributed by atoms with Crippen molar-refractivity contribution in [1.29, 1.82) is 0 Å². The average molecular weight is 470 g/mol. The number of thioether (sulfide) groups is 1. The number of aryl methyl sites for hydroxylation is 1. The third-order valence-electron chi connectivity index (χ3n) is 6.25. The van der Waals surface area contributed by atoms with Crippen molar-refractivity contribution in [2.24, 2.45) is 0 Å². The van der Waals surface area contributed by atoms with Gasteiger partial charge in [-0.05, 0) is 72.3 Å². The summed E-state index contributed by atoms with van der Waals surface area (Å²) in [4.78, 5) is 17.0. The van der Waals surface area contributed by atoms with Gasteiger partial charge in [0, 0.05) is 16.8 Å². The van der Waals surface area contributed by atoms with E-state index in [0.29, 0.717) is 18.0 Å².